The molecule has 0 radical (unpaired) electrons. The van der Waals surface area contributed by atoms with Crippen LogP contribution < -0.4 is 0 Å². The molecule has 0 amide bonds. The summed E-state index contributed by atoms with van der Waals surface area (Å²) in [5, 5.41) is 13.3. The molecule has 0 aliphatic heterocycles. The van der Waals surface area contributed by atoms with Gasteiger partial charge in [0.05, 0.1) is 0 Å². The van der Waals surface area contributed by atoms with Crippen LogP contribution in [0.1, 0.15) is 0 Å². The number of hydrogen-bond acceptors (Lipinski definition) is 4. The molecule has 4 heteroatoms. The van der Waals surface area contributed by atoms with E-state index in [1.165, 1.54) is 32.7 Å². The highest BCUT2D eigenvalue weighted by Crippen LogP contribution is 2.47. The predicted molar refractivity (Wildman–Crippen MR) is 221 cm³/mol. The summed E-state index contributed by atoms with van der Waals surface area (Å²) >= 11 is 0. The minimum Gasteiger partial charge on any atom is -0.452 e. The van der Waals surface area contributed by atoms with Gasteiger partial charge in [0.25, 0.3) is 0 Å². The summed E-state index contributed by atoms with van der Waals surface area (Å²) in [5.74, 6) is 0. The molecule has 0 bridgehead atoms. The number of rotatable bonds is 2. The summed E-state index contributed by atoms with van der Waals surface area (Å²) in [6.45, 7) is 0. The number of hydrogen-bond donors (Lipinski definition) is 0. The van der Waals surface area contributed by atoms with Crippen molar-refractivity contribution in [1.82, 2.24) is 0 Å². The van der Waals surface area contributed by atoms with Gasteiger partial charge in [-0.05, 0) is 104 Å². The minimum absolute atomic E-state index is 0.782. The monoisotopic (exact) mass is 690 g/mol. The molecule has 250 valence electrons. The number of fused-ring (bicyclic) bond motifs is 16. The van der Waals surface area contributed by atoms with Crippen LogP contribution in [-0.4, -0.2) is 0 Å². The molecule has 0 N–H and O–H groups in total. The van der Waals surface area contributed by atoms with E-state index in [2.05, 4.69) is 121 Å². The Morgan fingerprint density at radius 3 is 0.889 bits per heavy atom. The van der Waals surface area contributed by atoms with Gasteiger partial charge in [0.15, 0.2) is 22.3 Å². The van der Waals surface area contributed by atoms with Gasteiger partial charge in [-0.1, -0.05) is 97.1 Å². The molecule has 0 saturated carbocycles. The van der Waals surface area contributed by atoms with Gasteiger partial charge in [0, 0.05) is 43.1 Å². The normalized spacial score (nSPS) is 12.4. The van der Waals surface area contributed by atoms with Crippen molar-refractivity contribution in [3.8, 4) is 22.3 Å². The smallest absolute Gasteiger partial charge is 0.178 e. The molecule has 0 aliphatic carbocycles. The van der Waals surface area contributed by atoms with Crippen LogP contribution in [0.25, 0.3) is 132 Å². The van der Waals surface area contributed by atoms with E-state index < -0.39 is 0 Å². The van der Waals surface area contributed by atoms with E-state index in [1.54, 1.807) is 0 Å². The summed E-state index contributed by atoms with van der Waals surface area (Å²) < 4.78 is 25.8. The predicted octanol–water partition coefficient (Wildman–Crippen LogP) is 14.9. The highest BCUT2D eigenvalue weighted by molar-refractivity contribution is 6.25. The van der Waals surface area contributed by atoms with Crippen LogP contribution in [0.5, 0.6) is 0 Å². The molecule has 0 spiro atoms. The molecule has 9 aromatic carbocycles. The molecule has 13 aromatic rings. The minimum atomic E-state index is 0.782. The zero-order valence-electron chi connectivity index (χ0n) is 28.6. The maximum Gasteiger partial charge on any atom is 0.178 e. The fraction of sp³-hybridized carbons (Fsp3) is 0. The molecule has 54 heavy (non-hydrogen) atoms. The molecular formula is C50H26O4. The first-order valence-electron chi connectivity index (χ1n) is 18.2. The largest absolute Gasteiger partial charge is 0.452 e. The van der Waals surface area contributed by atoms with Crippen molar-refractivity contribution in [2.24, 2.45) is 0 Å². The highest BCUT2D eigenvalue weighted by Gasteiger charge is 2.21. The van der Waals surface area contributed by atoms with Crippen molar-refractivity contribution in [3.63, 3.8) is 0 Å². The molecule has 4 aromatic heterocycles. The zero-order chi connectivity index (χ0) is 35.1. The zero-order valence-corrected chi connectivity index (χ0v) is 28.6. The lowest BCUT2D eigenvalue weighted by Gasteiger charge is -2.17. The second-order valence-corrected chi connectivity index (χ2v) is 14.3. The molecular weight excluding hydrogens is 665 g/mol. The second-order valence-electron chi connectivity index (χ2n) is 14.3. The van der Waals surface area contributed by atoms with Crippen LogP contribution >= 0.6 is 0 Å². The Hall–Kier alpha value is -7.30. The Balaban J connectivity index is 1.05. The third-order valence-corrected chi connectivity index (χ3v) is 11.5. The first-order chi connectivity index (χ1) is 26.8. The van der Waals surface area contributed by atoms with Gasteiger partial charge in [-0.25, -0.2) is 0 Å². The lowest BCUT2D eigenvalue weighted by atomic mass is 9.85. The van der Waals surface area contributed by atoms with Crippen molar-refractivity contribution in [2.75, 3.05) is 0 Å². The van der Waals surface area contributed by atoms with Crippen molar-refractivity contribution < 1.29 is 17.7 Å². The van der Waals surface area contributed by atoms with Crippen LogP contribution in [0.3, 0.4) is 0 Å². The Morgan fingerprint density at radius 1 is 0.222 bits per heavy atom. The lowest BCUT2D eigenvalue weighted by Crippen LogP contribution is -1.90. The third kappa shape index (κ3) is 3.66. The van der Waals surface area contributed by atoms with E-state index in [-0.39, 0.29) is 0 Å². The summed E-state index contributed by atoms with van der Waals surface area (Å²) in [4.78, 5) is 0. The maximum absolute atomic E-state index is 6.53. The van der Waals surface area contributed by atoms with Crippen LogP contribution in [0, 0.1) is 0 Å². The fourth-order valence-electron chi connectivity index (χ4n) is 9.10. The maximum atomic E-state index is 6.53. The standard InChI is InChI=1S/C50H26O4/c1-2-12-32-31(11-1)45(27-17-23-43-39(25-27)37-21-19-35-29-9-5-7-15-41(29)51-47(35)49(37)53-43)33-13-3-4-14-34(33)46(32)28-18-24-44-40(26-28)38-22-20-36-30-10-6-8-16-42(30)52-48(36)50(38)54-44/h1-26H. The molecule has 0 saturated heterocycles. The quantitative estimate of drug-likeness (QED) is 0.169. The number of furan rings is 4. The van der Waals surface area contributed by atoms with Crippen molar-refractivity contribution in [1.29, 1.82) is 0 Å². The van der Waals surface area contributed by atoms with E-state index in [4.69, 9.17) is 17.7 Å². The van der Waals surface area contributed by atoms with Crippen LogP contribution in [0.4, 0.5) is 0 Å². The van der Waals surface area contributed by atoms with Gasteiger partial charge >= 0.3 is 0 Å². The van der Waals surface area contributed by atoms with Gasteiger partial charge in [-0.3, -0.25) is 0 Å². The summed E-state index contributed by atoms with van der Waals surface area (Å²) in [6.07, 6.45) is 0. The first-order valence-corrected chi connectivity index (χ1v) is 18.2. The average Bonchev–Trinajstić information content (AvgIpc) is 3.99. The number of benzene rings is 9. The lowest BCUT2D eigenvalue weighted by molar-refractivity contribution is 0.633. The van der Waals surface area contributed by atoms with Crippen LogP contribution in [-0.2, 0) is 0 Å². The van der Waals surface area contributed by atoms with Crippen molar-refractivity contribution in [3.05, 3.63) is 158 Å². The molecule has 0 fully saturated rings. The van der Waals surface area contributed by atoms with Gasteiger partial charge in [0.2, 0.25) is 0 Å². The molecule has 0 unspecified atom stereocenters. The van der Waals surface area contributed by atoms with E-state index in [1.807, 2.05) is 36.4 Å². The first kappa shape index (κ1) is 28.3. The van der Waals surface area contributed by atoms with E-state index in [0.717, 1.165) is 98.9 Å². The number of para-hydroxylation sites is 2. The topological polar surface area (TPSA) is 52.6 Å². The molecule has 0 aliphatic rings. The van der Waals surface area contributed by atoms with Crippen molar-refractivity contribution >= 4 is 109 Å². The Labute approximate surface area is 306 Å². The summed E-state index contributed by atoms with van der Waals surface area (Å²) in [7, 11) is 0. The molecule has 13 rings (SSSR count). The third-order valence-electron chi connectivity index (χ3n) is 11.5. The Kier molecular flexibility index (Phi) is 5.34. The van der Waals surface area contributed by atoms with Gasteiger partial charge in [-0.15, -0.1) is 0 Å². The Bertz CT molecular complexity index is 3430. The van der Waals surface area contributed by atoms with E-state index in [0.29, 0.717) is 0 Å². The van der Waals surface area contributed by atoms with Crippen LogP contribution in [0.2, 0.25) is 0 Å². The van der Waals surface area contributed by atoms with E-state index >= 15 is 0 Å². The molecule has 4 nitrogen and oxygen atoms in total. The summed E-state index contributed by atoms with van der Waals surface area (Å²) in [5.41, 5.74) is 11.2. The van der Waals surface area contributed by atoms with Crippen molar-refractivity contribution in [2.45, 2.75) is 0 Å². The molecule has 0 atom stereocenters. The SMILES string of the molecule is c1ccc2c(c1)oc1c2ccc2c3cc(-c4c5ccccc5c(-c5ccc6oc7c(ccc8c9ccccc9oc87)c6c5)c5ccccc45)ccc3oc21. The second kappa shape index (κ2) is 10.2. The van der Waals surface area contributed by atoms with Gasteiger partial charge < -0.3 is 17.7 Å². The summed E-state index contributed by atoms with van der Waals surface area (Å²) in [6, 6.07) is 55.7. The van der Waals surface area contributed by atoms with Gasteiger partial charge in [-0.2, -0.15) is 0 Å². The van der Waals surface area contributed by atoms with Gasteiger partial charge in [0.1, 0.15) is 22.3 Å². The Morgan fingerprint density at radius 2 is 0.519 bits per heavy atom. The fourth-order valence-corrected chi connectivity index (χ4v) is 9.10. The molecule has 4 heterocycles. The van der Waals surface area contributed by atoms with E-state index in [9.17, 15) is 0 Å². The highest BCUT2D eigenvalue weighted by atomic mass is 16.4. The average molecular weight is 691 g/mol. The van der Waals surface area contributed by atoms with Crippen LogP contribution in [0.15, 0.2) is 175 Å².